The average molecular weight is 344 g/mol. The van der Waals surface area contributed by atoms with Gasteiger partial charge >= 0.3 is 6.03 Å². The number of anilines is 1. The van der Waals surface area contributed by atoms with Gasteiger partial charge < -0.3 is 20.9 Å². The maximum absolute atomic E-state index is 12.2. The number of hydrogen-bond acceptors (Lipinski definition) is 3. The molecule has 1 aromatic carbocycles. The maximum Gasteiger partial charge on any atom is 0.319 e. The SMILES string of the molecule is O=C(Nc1cccc(C(=O)NCCCN2CCCC2=O)c1)NC1CC1. The molecule has 2 fully saturated rings. The summed E-state index contributed by atoms with van der Waals surface area (Å²) in [4.78, 5) is 37.3. The van der Waals surface area contributed by atoms with Gasteiger partial charge in [0.2, 0.25) is 5.91 Å². The number of carbonyl (C=O) groups is 3. The van der Waals surface area contributed by atoms with Gasteiger partial charge in [0.05, 0.1) is 0 Å². The van der Waals surface area contributed by atoms with Gasteiger partial charge in [-0.3, -0.25) is 9.59 Å². The molecule has 0 aromatic heterocycles. The Morgan fingerprint density at radius 3 is 2.80 bits per heavy atom. The molecule has 1 saturated carbocycles. The Balaban J connectivity index is 1.42. The van der Waals surface area contributed by atoms with Gasteiger partial charge in [0.1, 0.15) is 0 Å². The van der Waals surface area contributed by atoms with Crippen LogP contribution in [0, 0.1) is 0 Å². The fourth-order valence-electron chi connectivity index (χ4n) is 2.83. The molecule has 134 valence electrons. The number of benzene rings is 1. The topological polar surface area (TPSA) is 90.5 Å². The van der Waals surface area contributed by atoms with E-state index in [-0.39, 0.29) is 23.9 Å². The first-order valence-electron chi connectivity index (χ1n) is 8.85. The minimum Gasteiger partial charge on any atom is -0.352 e. The first-order valence-corrected chi connectivity index (χ1v) is 8.85. The van der Waals surface area contributed by atoms with Gasteiger partial charge in [-0.05, 0) is 43.9 Å². The van der Waals surface area contributed by atoms with Gasteiger partial charge in [-0.25, -0.2) is 4.79 Å². The predicted molar refractivity (Wildman–Crippen MR) is 94.4 cm³/mol. The predicted octanol–water partition coefficient (Wildman–Crippen LogP) is 1.71. The highest BCUT2D eigenvalue weighted by atomic mass is 16.2. The van der Waals surface area contributed by atoms with Crippen LogP contribution in [0.25, 0.3) is 0 Å². The molecule has 0 bridgehead atoms. The van der Waals surface area contributed by atoms with Crippen molar-refractivity contribution in [1.82, 2.24) is 15.5 Å². The minimum absolute atomic E-state index is 0.181. The number of amides is 4. The summed E-state index contributed by atoms with van der Waals surface area (Å²) >= 11 is 0. The van der Waals surface area contributed by atoms with E-state index in [4.69, 9.17) is 0 Å². The van der Waals surface area contributed by atoms with Crippen LogP contribution < -0.4 is 16.0 Å². The van der Waals surface area contributed by atoms with E-state index in [1.165, 1.54) is 0 Å². The van der Waals surface area contributed by atoms with Crippen molar-refractivity contribution in [3.05, 3.63) is 29.8 Å². The van der Waals surface area contributed by atoms with E-state index in [0.29, 0.717) is 30.8 Å². The number of nitrogens with one attached hydrogen (secondary N) is 3. The standard InChI is InChI=1S/C18H24N4O3/c23-16-6-2-10-22(16)11-3-9-19-17(24)13-4-1-5-15(12-13)21-18(25)20-14-7-8-14/h1,4-5,12,14H,2-3,6-11H2,(H,19,24)(H2,20,21,25). The Morgan fingerprint density at radius 2 is 2.08 bits per heavy atom. The lowest BCUT2D eigenvalue weighted by atomic mass is 10.2. The number of rotatable bonds is 7. The van der Waals surface area contributed by atoms with Crippen molar-refractivity contribution in [3.8, 4) is 0 Å². The molecule has 0 atom stereocenters. The Kier molecular flexibility index (Phi) is 5.53. The summed E-state index contributed by atoms with van der Waals surface area (Å²) in [5.74, 6) is 0.0218. The summed E-state index contributed by atoms with van der Waals surface area (Å²) < 4.78 is 0. The molecule has 1 aliphatic heterocycles. The lowest BCUT2D eigenvalue weighted by Gasteiger charge is -2.15. The van der Waals surface area contributed by atoms with E-state index >= 15 is 0 Å². The molecule has 3 rings (SSSR count). The lowest BCUT2D eigenvalue weighted by Crippen LogP contribution is -2.31. The maximum atomic E-state index is 12.2. The first kappa shape index (κ1) is 17.3. The fourth-order valence-corrected chi connectivity index (χ4v) is 2.83. The van der Waals surface area contributed by atoms with Crippen molar-refractivity contribution < 1.29 is 14.4 Å². The van der Waals surface area contributed by atoms with Gasteiger partial charge in [-0.1, -0.05) is 6.07 Å². The second-order valence-electron chi connectivity index (χ2n) is 6.55. The van der Waals surface area contributed by atoms with E-state index in [1.54, 1.807) is 24.3 Å². The third-order valence-electron chi connectivity index (χ3n) is 4.36. The summed E-state index contributed by atoms with van der Waals surface area (Å²) in [7, 11) is 0. The quantitative estimate of drug-likeness (QED) is 0.658. The minimum atomic E-state index is -0.240. The molecular formula is C18H24N4O3. The third kappa shape index (κ3) is 5.20. The van der Waals surface area contributed by atoms with Crippen molar-refractivity contribution in [2.45, 2.75) is 38.1 Å². The van der Waals surface area contributed by atoms with Crippen LogP contribution in [-0.2, 0) is 4.79 Å². The number of likely N-dealkylation sites (tertiary alicyclic amines) is 1. The molecule has 0 unspecified atom stereocenters. The van der Waals surface area contributed by atoms with Crippen LogP contribution in [0.15, 0.2) is 24.3 Å². The average Bonchev–Trinajstić information content (AvgIpc) is 3.31. The van der Waals surface area contributed by atoms with Crippen molar-refractivity contribution in [2.24, 2.45) is 0 Å². The molecule has 1 heterocycles. The summed E-state index contributed by atoms with van der Waals surface area (Å²) in [6.07, 6.45) is 4.36. The van der Waals surface area contributed by atoms with Crippen LogP contribution in [0.3, 0.4) is 0 Å². The number of nitrogens with zero attached hydrogens (tertiary/aromatic N) is 1. The van der Waals surface area contributed by atoms with Gasteiger partial charge in [-0.2, -0.15) is 0 Å². The number of hydrogen-bond donors (Lipinski definition) is 3. The van der Waals surface area contributed by atoms with Gasteiger partial charge in [0.25, 0.3) is 5.91 Å². The monoisotopic (exact) mass is 344 g/mol. The molecule has 7 nitrogen and oxygen atoms in total. The molecule has 4 amide bonds. The highest BCUT2D eigenvalue weighted by molar-refractivity contribution is 5.96. The number of carbonyl (C=O) groups excluding carboxylic acids is 3. The van der Waals surface area contributed by atoms with Crippen LogP contribution >= 0.6 is 0 Å². The smallest absolute Gasteiger partial charge is 0.319 e. The molecule has 1 aliphatic carbocycles. The summed E-state index contributed by atoms with van der Waals surface area (Å²) in [6, 6.07) is 6.91. The fraction of sp³-hybridized carbons (Fsp3) is 0.500. The summed E-state index contributed by atoms with van der Waals surface area (Å²) in [6.45, 7) is 2.02. The van der Waals surface area contributed by atoms with Crippen LogP contribution in [0.4, 0.5) is 10.5 Å². The Bertz CT molecular complexity index is 657. The summed E-state index contributed by atoms with van der Waals surface area (Å²) in [5, 5.41) is 8.44. The normalized spacial score (nSPS) is 16.6. The van der Waals surface area contributed by atoms with Crippen LogP contribution in [-0.4, -0.2) is 48.4 Å². The zero-order chi connectivity index (χ0) is 17.6. The Hall–Kier alpha value is -2.57. The van der Waals surface area contributed by atoms with Crippen LogP contribution in [0.2, 0.25) is 0 Å². The molecule has 1 aromatic rings. The van der Waals surface area contributed by atoms with E-state index < -0.39 is 0 Å². The first-order chi connectivity index (χ1) is 12.1. The van der Waals surface area contributed by atoms with E-state index in [0.717, 1.165) is 32.2 Å². The van der Waals surface area contributed by atoms with Crippen molar-refractivity contribution >= 4 is 23.5 Å². The Morgan fingerprint density at radius 1 is 1.24 bits per heavy atom. The molecule has 25 heavy (non-hydrogen) atoms. The van der Waals surface area contributed by atoms with Crippen molar-refractivity contribution in [2.75, 3.05) is 25.0 Å². The lowest BCUT2D eigenvalue weighted by molar-refractivity contribution is -0.127. The molecule has 1 saturated heterocycles. The van der Waals surface area contributed by atoms with Crippen LogP contribution in [0.1, 0.15) is 42.5 Å². The second-order valence-corrected chi connectivity index (χ2v) is 6.55. The number of urea groups is 1. The molecule has 0 spiro atoms. The van der Waals surface area contributed by atoms with Crippen LogP contribution in [0.5, 0.6) is 0 Å². The summed E-state index contributed by atoms with van der Waals surface area (Å²) in [5.41, 5.74) is 1.09. The third-order valence-corrected chi connectivity index (χ3v) is 4.36. The highest BCUT2D eigenvalue weighted by Gasteiger charge is 2.23. The zero-order valence-electron chi connectivity index (χ0n) is 14.2. The highest BCUT2D eigenvalue weighted by Crippen LogP contribution is 2.19. The van der Waals surface area contributed by atoms with Crippen molar-refractivity contribution in [1.29, 1.82) is 0 Å². The van der Waals surface area contributed by atoms with Gasteiger partial charge in [-0.15, -0.1) is 0 Å². The zero-order valence-corrected chi connectivity index (χ0v) is 14.2. The molecular weight excluding hydrogens is 320 g/mol. The van der Waals surface area contributed by atoms with Crippen molar-refractivity contribution in [3.63, 3.8) is 0 Å². The molecule has 2 aliphatic rings. The van der Waals surface area contributed by atoms with Gasteiger partial charge in [0.15, 0.2) is 0 Å². The molecule has 0 radical (unpaired) electrons. The van der Waals surface area contributed by atoms with E-state index in [1.807, 2.05) is 4.90 Å². The second kappa shape index (κ2) is 8.00. The van der Waals surface area contributed by atoms with E-state index in [9.17, 15) is 14.4 Å². The van der Waals surface area contributed by atoms with E-state index in [2.05, 4.69) is 16.0 Å². The molecule has 7 heteroatoms. The Labute approximate surface area is 147 Å². The largest absolute Gasteiger partial charge is 0.352 e. The molecule has 3 N–H and O–H groups in total. The van der Waals surface area contributed by atoms with Gasteiger partial charge in [0, 0.05) is 43.3 Å².